The molecule has 0 aromatic carbocycles. The van der Waals surface area contributed by atoms with Crippen molar-refractivity contribution < 1.29 is 19.1 Å². The molecule has 24 heavy (non-hydrogen) atoms. The van der Waals surface area contributed by atoms with Gasteiger partial charge in [0.15, 0.2) is 11.5 Å². The summed E-state index contributed by atoms with van der Waals surface area (Å²) in [7, 11) is -4.24. The van der Waals surface area contributed by atoms with Crippen LogP contribution in [0.2, 0.25) is 0 Å². The molecule has 2 fully saturated rings. The van der Waals surface area contributed by atoms with Crippen molar-refractivity contribution in [1.82, 2.24) is 19.5 Å². The highest BCUT2D eigenvalue weighted by Crippen LogP contribution is 2.49. The molecule has 0 unspecified atom stereocenters. The van der Waals surface area contributed by atoms with Gasteiger partial charge in [-0.3, -0.25) is 4.57 Å². The van der Waals surface area contributed by atoms with E-state index in [1.54, 1.807) is 6.33 Å². The molecular weight excluding hydrogens is 448 g/mol. The summed E-state index contributed by atoms with van der Waals surface area (Å²) >= 11 is 2.17. The molecule has 2 aromatic heterocycles. The fourth-order valence-electron chi connectivity index (χ4n) is 3.01. The van der Waals surface area contributed by atoms with E-state index in [-0.39, 0.29) is 16.0 Å². The molecule has 2 aromatic rings. The molecular formula is C13H17IN5O4P. The fraction of sp³-hybridized carbons (Fsp3) is 0.615. The number of rotatable bonds is 4. The number of hydrogen-bond acceptors (Lipinski definition) is 6. The predicted molar refractivity (Wildman–Crippen MR) is 94.8 cm³/mol. The lowest BCUT2D eigenvalue weighted by atomic mass is 10.2. The molecule has 0 bridgehead atoms. The van der Waals surface area contributed by atoms with Crippen LogP contribution in [0.4, 0.5) is 5.95 Å². The van der Waals surface area contributed by atoms with Crippen LogP contribution >= 0.6 is 30.2 Å². The first-order valence-electron chi connectivity index (χ1n) is 7.66. The Labute approximate surface area is 151 Å². The third-order valence-electron chi connectivity index (χ3n) is 4.39. The third kappa shape index (κ3) is 3.05. The first-order chi connectivity index (χ1) is 11.3. The quantitative estimate of drug-likeness (QED) is 0.350. The van der Waals surface area contributed by atoms with E-state index in [9.17, 15) is 14.4 Å². The predicted octanol–water partition coefficient (Wildman–Crippen LogP) is 1.38. The largest absolute Gasteiger partial charge is 0.368 e. The fourth-order valence-corrected chi connectivity index (χ4v) is 5.09. The van der Waals surface area contributed by atoms with Gasteiger partial charge in [-0.15, -0.1) is 0 Å². The molecule has 2 aliphatic rings. The Morgan fingerprint density at radius 1 is 1.42 bits per heavy atom. The zero-order valence-electron chi connectivity index (χ0n) is 12.6. The number of nitrogens with two attached hydrogens (primary N) is 1. The monoisotopic (exact) mass is 465 g/mol. The van der Waals surface area contributed by atoms with Crippen LogP contribution in [0.3, 0.4) is 0 Å². The van der Waals surface area contributed by atoms with Gasteiger partial charge in [-0.1, -0.05) is 22.6 Å². The van der Waals surface area contributed by atoms with Crippen LogP contribution in [0.25, 0.3) is 11.2 Å². The van der Waals surface area contributed by atoms with Crippen LogP contribution in [0.15, 0.2) is 6.33 Å². The van der Waals surface area contributed by atoms with Gasteiger partial charge in [-0.2, -0.15) is 4.98 Å². The lowest BCUT2D eigenvalue weighted by Crippen LogP contribution is -2.23. The Balaban J connectivity index is 1.62. The average molecular weight is 465 g/mol. The Morgan fingerprint density at radius 2 is 2.17 bits per heavy atom. The lowest BCUT2D eigenvalue weighted by molar-refractivity contribution is 0.0646. The first kappa shape index (κ1) is 16.6. The summed E-state index contributed by atoms with van der Waals surface area (Å²) in [4.78, 5) is 31.7. The van der Waals surface area contributed by atoms with E-state index >= 15 is 0 Å². The van der Waals surface area contributed by atoms with Crippen LogP contribution in [0.5, 0.6) is 0 Å². The molecule has 1 saturated heterocycles. The van der Waals surface area contributed by atoms with Crippen molar-refractivity contribution in [3.05, 3.63) is 12.0 Å². The number of ether oxygens (including phenoxy) is 1. The van der Waals surface area contributed by atoms with Gasteiger partial charge in [0.25, 0.3) is 0 Å². The van der Waals surface area contributed by atoms with Gasteiger partial charge >= 0.3 is 7.60 Å². The molecule has 4 rings (SSSR count). The molecule has 11 heteroatoms. The molecule has 1 aliphatic carbocycles. The Kier molecular flexibility index (Phi) is 4.07. The highest BCUT2D eigenvalue weighted by atomic mass is 127. The van der Waals surface area contributed by atoms with Crippen LogP contribution < -0.4 is 5.73 Å². The van der Waals surface area contributed by atoms with Crippen molar-refractivity contribution in [2.24, 2.45) is 0 Å². The van der Waals surface area contributed by atoms with E-state index < -0.39 is 13.4 Å². The van der Waals surface area contributed by atoms with E-state index in [4.69, 9.17) is 10.5 Å². The SMILES string of the molecule is Nc1nc(C2CC2)c2ncn(C[C@H]3O[C@@H](P(=O)(O)O)C[C@H]3I)c2n1. The Bertz CT molecular complexity index is 835. The van der Waals surface area contributed by atoms with E-state index in [1.165, 1.54) is 0 Å². The molecule has 9 nitrogen and oxygen atoms in total. The minimum Gasteiger partial charge on any atom is -0.368 e. The summed E-state index contributed by atoms with van der Waals surface area (Å²) in [6.45, 7) is 0.418. The summed E-state index contributed by atoms with van der Waals surface area (Å²) in [6.07, 6.45) is 3.85. The molecule has 3 heterocycles. The molecule has 0 amide bonds. The summed E-state index contributed by atoms with van der Waals surface area (Å²) in [5.74, 6) is -0.418. The topological polar surface area (TPSA) is 136 Å². The number of nitrogen functional groups attached to an aromatic ring is 1. The third-order valence-corrected chi connectivity index (χ3v) is 6.78. The van der Waals surface area contributed by atoms with Gasteiger partial charge in [0.1, 0.15) is 5.52 Å². The molecule has 0 radical (unpaired) electrons. The van der Waals surface area contributed by atoms with Crippen molar-refractivity contribution in [3.8, 4) is 0 Å². The van der Waals surface area contributed by atoms with Crippen molar-refractivity contribution >= 4 is 47.3 Å². The zero-order valence-corrected chi connectivity index (χ0v) is 15.7. The first-order valence-corrected chi connectivity index (χ1v) is 10.6. The van der Waals surface area contributed by atoms with Crippen molar-refractivity contribution in [3.63, 3.8) is 0 Å². The van der Waals surface area contributed by atoms with Crippen molar-refractivity contribution in [2.45, 2.75) is 47.6 Å². The summed E-state index contributed by atoms with van der Waals surface area (Å²) in [5, 5.41) is 0. The van der Waals surface area contributed by atoms with E-state index in [2.05, 4.69) is 37.5 Å². The van der Waals surface area contributed by atoms with Crippen LogP contribution in [0.1, 0.15) is 30.9 Å². The number of anilines is 1. The van der Waals surface area contributed by atoms with E-state index in [1.807, 2.05) is 4.57 Å². The van der Waals surface area contributed by atoms with Gasteiger partial charge in [-0.05, 0) is 19.3 Å². The maximum Gasteiger partial charge on any atom is 0.354 e. The zero-order chi connectivity index (χ0) is 17.1. The molecule has 3 atom stereocenters. The second kappa shape index (κ2) is 5.87. The second-order valence-corrected chi connectivity index (χ2v) is 9.63. The average Bonchev–Trinajstić information content (AvgIpc) is 3.17. The number of imidazole rings is 1. The highest BCUT2D eigenvalue weighted by molar-refractivity contribution is 14.1. The van der Waals surface area contributed by atoms with Gasteiger partial charge in [0.05, 0.1) is 24.7 Å². The van der Waals surface area contributed by atoms with Crippen LogP contribution in [-0.4, -0.2) is 45.2 Å². The second-order valence-electron chi connectivity index (χ2n) is 6.28. The number of fused-ring (bicyclic) bond motifs is 1. The van der Waals surface area contributed by atoms with Crippen LogP contribution in [0, 0.1) is 0 Å². The van der Waals surface area contributed by atoms with E-state index in [0.29, 0.717) is 24.5 Å². The molecule has 0 spiro atoms. The van der Waals surface area contributed by atoms with E-state index in [0.717, 1.165) is 24.1 Å². The molecule has 1 saturated carbocycles. The smallest absolute Gasteiger partial charge is 0.354 e. The van der Waals surface area contributed by atoms with Crippen molar-refractivity contribution in [2.75, 3.05) is 5.73 Å². The normalized spacial score (nSPS) is 27.9. The maximum atomic E-state index is 11.4. The number of aromatic nitrogens is 4. The summed E-state index contributed by atoms with van der Waals surface area (Å²) in [6, 6.07) is 0. The molecule has 130 valence electrons. The standard InChI is InChI=1S/C13H17IN5O4P/c14-7-3-9(24(20,21)22)23-8(7)4-19-5-16-11-10(6-1-2-6)17-13(15)18-12(11)19/h5-9H,1-4H2,(H2,15,17,18)(H2,20,21,22)/t7-,8-,9+/m1/s1. The molecule has 1 aliphatic heterocycles. The van der Waals surface area contributed by atoms with Gasteiger partial charge in [-0.25, -0.2) is 9.97 Å². The highest BCUT2D eigenvalue weighted by Gasteiger charge is 2.43. The minimum absolute atomic E-state index is 0.000221. The number of hydrogen-bond donors (Lipinski definition) is 3. The van der Waals surface area contributed by atoms with Gasteiger partial charge in [0, 0.05) is 9.84 Å². The maximum absolute atomic E-state index is 11.4. The Morgan fingerprint density at radius 3 is 2.79 bits per heavy atom. The number of nitrogens with zero attached hydrogens (tertiary/aromatic N) is 4. The number of halogens is 1. The van der Waals surface area contributed by atoms with Crippen molar-refractivity contribution in [1.29, 1.82) is 0 Å². The Hall–Kier alpha value is -0.810. The summed E-state index contributed by atoms with van der Waals surface area (Å²) in [5.41, 5.74) is 8.13. The molecule has 4 N–H and O–H groups in total. The number of alkyl halides is 1. The minimum atomic E-state index is -4.24. The lowest BCUT2D eigenvalue weighted by Gasteiger charge is -2.16. The van der Waals surface area contributed by atoms with Gasteiger partial charge < -0.3 is 24.8 Å². The van der Waals surface area contributed by atoms with Gasteiger partial charge in [0.2, 0.25) is 5.95 Å². The summed E-state index contributed by atoms with van der Waals surface area (Å²) < 4.78 is 18.8. The van der Waals surface area contributed by atoms with Crippen LogP contribution in [-0.2, 0) is 15.8 Å².